The molecule has 13 nitrogen and oxygen atoms in total. The maximum absolute atomic E-state index is 14.2. The zero-order chi connectivity index (χ0) is 37.8. The molecule has 0 spiro atoms. The fourth-order valence-electron chi connectivity index (χ4n) is 7.42. The second-order valence-corrected chi connectivity index (χ2v) is 13.7. The number of aryl methyl sites for hydroxylation is 1. The topological polar surface area (TPSA) is 155 Å². The number of nitrogens with zero attached hydrogens (tertiary/aromatic N) is 3. The lowest BCUT2D eigenvalue weighted by Crippen LogP contribution is -2.54. The third-order valence-corrected chi connectivity index (χ3v) is 10.4. The zero-order valence-corrected chi connectivity index (χ0v) is 31.2. The molecule has 2 heterocycles. The van der Waals surface area contributed by atoms with Gasteiger partial charge in [0.15, 0.2) is 11.5 Å². The molecule has 2 amide bonds. The highest BCUT2D eigenvalue weighted by Gasteiger charge is 2.33. The third kappa shape index (κ3) is 7.71. The molecule has 0 unspecified atom stereocenters. The SMILES string of the molecule is CC[C@@H](C)[C@H](Nc1ccc2c(cc1=O)[C@@H](NC(C)=O)CCc1cc(OC)c(OC)c(OC)c1-2)C(=O)N1CCN(Cc2nc3ccccc3c(=O)[nH]2)CC1. The van der Waals surface area contributed by atoms with Crippen molar-refractivity contribution in [2.45, 2.75) is 58.7 Å². The number of amides is 2. The Morgan fingerprint density at radius 2 is 1.72 bits per heavy atom. The van der Waals surface area contributed by atoms with Crippen LogP contribution in [0.1, 0.15) is 56.6 Å². The number of fused-ring (bicyclic) bond motifs is 4. The lowest BCUT2D eigenvalue weighted by molar-refractivity contribution is -0.135. The minimum Gasteiger partial charge on any atom is -0.493 e. The summed E-state index contributed by atoms with van der Waals surface area (Å²) in [6.07, 6.45) is 1.84. The number of aromatic amines is 1. The monoisotopic (exact) mass is 724 g/mol. The summed E-state index contributed by atoms with van der Waals surface area (Å²) >= 11 is 0. The van der Waals surface area contributed by atoms with Gasteiger partial charge in [-0.3, -0.25) is 24.1 Å². The Balaban J connectivity index is 1.28. The number of rotatable bonds is 11. The predicted octanol–water partition coefficient (Wildman–Crippen LogP) is 4.27. The average Bonchev–Trinajstić information content (AvgIpc) is 3.40. The number of benzene rings is 2. The number of anilines is 1. The van der Waals surface area contributed by atoms with E-state index in [1.807, 2.05) is 49.1 Å². The van der Waals surface area contributed by atoms with Crippen LogP contribution >= 0.6 is 0 Å². The summed E-state index contributed by atoms with van der Waals surface area (Å²) < 4.78 is 17.3. The Bertz CT molecular complexity index is 2130. The summed E-state index contributed by atoms with van der Waals surface area (Å²) in [6, 6.07) is 13.2. The fraction of sp³-hybridized carbons (Fsp3) is 0.425. The van der Waals surface area contributed by atoms with Crippen molar-refractivity contribution >= 4 is 28.4 Å². The van der Waals surface area contributed by atoms with E-state index in [1.54, 1.807) is 39.5 Å². The van der Waals surface area contributed by atoms with Crippen LogP contribution in [-0.4, -0.2) is 85.1 Å². The Kier molecular flexibility index (Phi) is 11.3. The molecule has 1 aliphatic carbocycles. The smallest absolute Gasteiger partial charge is 0.258 e. The van der Waals surface area contributed by atoms with Crippen molar-refractivity contribution in [1.29, 1.82) is 0 Å². The molecule has 0 bridgehead atoms. The molecule has 1 saturated heterocycles. The van der Waals surface area contributed by atoms with Gasteiger partial charge in [0.2, 0.25) is 23.0 Å². The molecule has 1 aliphatic heterocycles. The molecule has 53 heavy (non-hydrogen) atoms. The first kappa shape index (κ1) is 37.3. The first-order valence-corrected chi connectivity index (χ1v) is 18.1. The summed E-state index contributed by atoms with van der Waals surface area (Å²) in [5.74, 6) is 1.62. The van der Waals surface area contributed by atoms with E-state index in [0.29, 0.717) is 97.1 Å². The van der Waals surface area contributed by atoms with Crippen LogP contribution in [0, 0.1) is 5.92 Å². The number of methoxy groups -OCH3 is 3. The van der Waals surface area contributed by atoms with Gasteiger partial charge in [-0.2, -0.15) is 0 Å². The molecule has 1 aromatic heterocycles. The third-order valence-electron chi connectivity index (χ3n) is 10.4. The number of piperazine rings is 1. The quantitative estimate of drug-likeness (QED) is 0.204. The van der Waals surface area contributed by atoms with E-state index in [9.17, 15) is 19.2 Å². The summed E-state index contributed by atoms with van der Waals surface area (Å²) in [5, 5.41) is 6.94. The van der Waals surface area contributed by atoms with Crippen LogP contribution in [-0.2, 0) is 22.6 Å². The van der Waals surface area contributed by atoms with Crippen molar-refractivity contribution < 1.29 is 23.8 Å². The molecule has 6 rings (SSSR count). The van der Waals surface area contributed by atoms with Crippen LogP contribution in [0.25, 0.3) is 22.0 Å². The lowest BCUT2D eigenvalue weighted by atomic mass is 9.95. The van der Waals surface area contributed by atoms with E-state index >= 15 is 0 Å². The Hall–Kier alpha value is -5.43. The number of hydrogen-bond donors (Lipinski definition) is 3. The van der Waals surface area contributed by atoms with E-state index in [2.05, 4.69) is 25.5 Å². The highest BCUT2D eigenvalue weighted by molar-refractivity contribution is 5.86. The highest BCUT2D eigenvalue weighted by atomic mass is 16.5. The number of para-hydroxylation sites is 1. The minimum atomic E-state index is -0.655. The Morgan fingerprint density at radius 3 is 2.40 bits per heavy atom. The summed E-state index contributed by atoms with van der Waals surface area (Å²) in [6.45, 7) is 8.15. The van der Waals surface area contributed by atoms with Crippen molar-refractivity contribution in [3.63, 3.8) is 0 Å². The van der Waals surface area contributed by atoms with Gasteiger partial charge in [-0.25, -0.2) is 4.98 Å². The zero-order valence-electron chi connectivity index (χ0n) is 31.2. The van der Waals surface area contributed by atoms with Gasteiger partial charge in [0.25, 0.3) is 5.56 Å². The van der Waals surface area contributed by atoms with Gasteiger partial charge in [0.05, 0.1) is 50.5 Å². The summed E-state index contributed by atoms with van der Waals surface area (Å²) in [5.41, 5.74) is 3.51. The van der Waals surface area contributed by atoms with E-state index in [-0.39, 0.29) is 34.4 Å². The van der Waals surface area contributed by atoms with Gasteiger partial charge < -0.3 is 34.7 Å². The van der Waals surface area contributed by atoms with Crippen LogP contribution < -0.4 is 35.8 Å². The Morgan fingerprint density at radius 1 is 0.981 bits per heavy atom. The van der Waals surface area contributed by atoms with Crippen molar-refractivity contribution in [3.8, 4) is 28.4 Å². The molecule has 3 N–H and O–H groups in total. The summed E-state index contributed by atoms with van der Waals surface area (Å²) in [7, 11) is 4.67. The van der Waals surface area contributed by atoms with Gasteiger partial charge in [-0.05, 0) is 65.8 Å². The van der Waals surface area contributed by atoms with E-state index in [4.69, 9.17) is 14.2 Å². The van der Waals surface area contributed by atoms with E-state index in [1.165, 1.54) is 6.92 Å². The van der Waals surface area contributed by atoms with E-state index < -0.39 is 12.1 Å². The van der Waals surface area contributed by atoms with Crippen molar-refractivity contribution in [1.82, 2.24) is 25.1 Å². The average molecular weight is 725 g/mol. The first-order chi connectivity index (χ1) is 25.6. The van der Waals surface area contributed by atoms with Gasteiger partial charge >= 0.3 is 0 Å². The normalized spacial score (nSPS) is 16.8. The van der Waals surface area contributed by atoms with Crippen LogP contribution in [0.5, 0.6) is 17.2 Å². The molecular weight excluding hydrogens is 676 g/mol. The van der Waals surface area contributed by atoms with Crippen LogP contribution in [0.3, 0.4) is 0 Å². The van der Waals surface area contributed by atoms with Crippen molar-refractivity contribution in [2.75, 3.05) is 52.8 Å². The number of H-pyrrole nitrogens is 1. The van der Waals surface area contributed by atoms with Gasteiger partial charge in [-0.15, -0.1) is 0 Å². The molecule has 4 aromatic rings. The number of aromatic nitrogens is 2. The largest absolute Gasteiger partial charge is 0.493 e. The standard InChI is InChI=1S/C40H48N6O7/c1-7-23(2)36(40(50)46-18-16-45(17-19-46)22-34-42-29-11-9-8-10-27(29)39(49)44-34)43-31-15-13-26-28(21-32(31)48)30(41-24(3)47)14-12-25-20-33(51-4)37(52-5)38(53-6)35(25)26/h8-11,13,15,20-21,23,30,36H,7,12,14,16-19,22H2,1-6H3,(H,41,47)(H,43,48)(H,42,44,49)/t23-,30+,36+/m1/s1. The van der Waals surface area contributed by atoms with Crippen LogP contribution in [0.2, 0.25) is 0 Å². The lowest BCUT2D eigenvalue weighted by Gasteiger charge is -2.37. The summed E-state index contributed by atoms with van der Waals surface area (Å²) in [4.78, 5) is 64.8. The number of hydrogen-bond acceptors (Lipinski definition) is 10. The highest BCUT2D eigenvalue weighted by Crippen LogP contribution is 2.50. The van der Waals surface area contributed by atoms with Crippen LogP contribution in [0.15, 0.2) is 58.1 Å². The maximum atomic E-state index is 14.2. The van der Waals surface area contributed by atoms with Gasteiger partial charge in [0.1, 0.15) is 11.9 Å². The molecular formula is C40H48N6O7. The second-order valence-electron chi connectivity index (χ2n) is 13.7. The molecule has 3 aromatic carbocycles. The molecule has 0 radical (unpaired) electrons. The van der Waals surface area contributed by atoms with Crippen molar-refractivity contribution in [2.24, 2.45) is 5.92 Å². The number of ether oxygens (including phenoxy) is 3. The number of carbonyl (C=O) groups excluding carboxylic acids is 2. The first-order valence-electron chi connectivity index (χ1n) is 18.1. The molecule has 3 atom stereocenters. The number of carbonyl (C=O) groups is 2. The van der Waals surface area contributed by atoms with E-state index in [0.717, 1.165) is 11.1 Å². The number of nitrogens with one attached hydrogen (secondary N) is 3. The van der Waals surface area contributed by atoms with Crippen molar-refractivity contribution in [3.05, 3.63) is 86.1 Å². The molecule has 13 heteroatoms. The Labute approximate surface area is 308 Å². The minimum absolute atomic E-state index is 0.0799. The fourth-order valence-corrected chi connectivity index (χ4v) is 7.42. The molecule has 280 valence electrons. The molecule has 2 aliphatic rings. The second kappa shape index (κ2) is 16.1. The van der Waals surface area contributed by atoms with Gasteiger partial charge in [-0.1, -0.05) is 38.5 Å². The molecule has 1 fully saturated rings. The van der Waals surface area contributed by atoms with Crippen LogP contribution in [0.4, 0.5) is 5.69 Å². The molecule has 0 saturated carbocycles. The predicted molar refractivity (Wildman–Crippen MR) is 204 cm³/mol. The van der Waals surface area contributed by atoms with Gasteiger partial charge in [0, 0.05) is 38.7 Å². The maximum Gasteiger partial charge on any atom is 0.258 e.